The molecule has 80 valence electrons. The Labute approximate surface area is 87.0 Å². The van der Waals surface area contributed by atoms with Crippen molar-refractivity contribution in [3.05, 3.63) is 0 Å². The summed E-state index contributed by atoms with van der Waals surface area (Å²) in [4.78, 5) is 2.79. The summed E-state index contributed by atoms with van der Waals surface area (Å²) >= 11 is 0. The fraction of sp³-hybridized carbons (Fsp3) is 1.00. The number of nitrogens with zero attached hydrogens (tertiary/aromatic N) is 1. The zero-order valence-electron chi connectivity index (χ0n) is 9.04. The van der Waals surface area contributed by atoms with Crippen molar-refractivity contribution in [1.82, 2.24) is 10.2 Å². The van der Waals surface area contributed by atoms with Crippen LogP contribution in [0.1, 0.15) is 32.1 Å². The molecule has 14 heavy (non-hydrogen) atoms. The van der Waals surface area contributed by atoms with Crippen molar-refractivity contribution in [2.24, 2.45) is 11.8 Å². The van der Waals surface area contributed by atoms with Gasteiger partial charge in [0.2, 0.25) is 0 Å². The summed E-state index contributed by atoms with van der Waals surface area (Å²) < 4.78 is 0. The minimum absolute atomic E-state index is 0.893. The maximum Gasteiger partial charge on any atom is 0.0261 e. The third-order valence-electron chi connectivity index (χ3n) is 4.51. The molecular formula is C12H22N2. The van der Waals surface area contributed by atoms with E-state index in [1.807, 2.05) is 0 Å². The van der Waals surface area contributed by atoms with Crippen LogP contribution in [-0.2, 0) is 0 Å². The van der Waals surface area contributed by atoms with E-state index in [1.165, 1.54) is 58.3 Å². The van der Waals surface area contributed by atoms with Crippen LogP contribution in [-0.4, -0.2) is 37.1 Å². The Morgan fingerprint density at radius 2 is 2.00 bits per heavy atom. The number of nitrogens with one attached hydrogen (secondary N) is 1. The molecule has 0 aromatic heterocycles. The number of likely N-dealkylation sites (tertiary alicyclic amines) is 1. The van der Waals surface area contributed by atoms with Crippen molar-refractivity contribution in [3.63, 3.8) is 0 Å². The monoisotopic (exact) mass is 194 g/mol. The predicted octanol–water partition coefficient (Wildman–Crippen LogP) is 1.47. The molecule has 3 rings (SSSR count). The van der Waals surface area contributed by atoms with E-state index in [9.17, 15) is 0 Å². The zero-order chi connectivity index (χ0) is 9.38. The molecule has 2 heterocycles. The molecule has 0 aromatic carbocycles. The van der Waals surface area contributed by atoms with Crippen LogP contribution in [0.4, 0.5) is 0 Å². The highest BCUT2D eigenvalue weighted by Crippen LogP contribution is 2.32. The van der Waals surface area contributed by atoms with Crippen LogP contribution < -0.4 is 5.32 Å². The zero-order valence-corrected chi connectivity index (χ0v) is 9.04. The van der Waals surface area contributed by atoms with Gasteiger partial charge in [-0.05, 0) is 50.6 Å². The molecule has 0 amide bonds. The van der Waals surface area contributed by atoms with Gasteiger partial charge in [-0.3, -0.25) is 4.90 Å². The van der Waals surface area contributed by atoms with Gasteiger partial charge in [0.1, 0.15) is 0 Å². The van der Waals surface area contributed by atoms with Gasteiger partial charge in [0, 0.05) is 19.1 Å². The summed E-state index contributed by atoms with van der Waals surface area (Å²) in [5, 5.41) is 3.56. The van der Waals surface area contributed by atoms with Gasteiger partial charge in [-0.2, -0.15) is 0 Å². The lowest BCUT2D eigenvalue weighted by atomic mass is 9.83. The smallest absolute Gasteiger partial charge is 0.0261 e. The van der Waals surface area contributed by atoms with Gasteiger partial charge in [0.05, 0.1) is 0 Å². The number of hydrogen-bond acceptors (Lipinski definition) is 2. The van der Waals surface area contributed by atoms with E-state index in [0.717, 1.165) is 17.9 Å². The van der Waals surface area contributed by atoms with Crippen molar-refractivity contribution in [2.45, 2.75) is 38.1 Å². The van der Waals surface area contributed by atoms with Gasteiger partial charge in [-0.25, -0.2) is 0 Å². The lowest BCUT2D eigenvalue weighted by molar-refractivity contribution is 0.0853. The molecule has 1 aliphatic carbocycles. The van der Waals surface area contributed by atoms with E-state index in [-0.39, 0.29) is 0 Å². The van der Waals surface area contributed by atoms with Crippen LogP contribution in [0, 0.1) is 11.8 Å². The molecule has 2 nitrogen and oxygen atoms in total. The quantitative estimate of drug-likeness (QED) is 0.716. The van der Waals surface area contributed by atoms with Crippen molar-refractivity contribution in [3.8, 4) is 0 Å². The first kappa shape index (κ1) is 9.17. The fourth-order valence-electron chi connectivity index (χ4n) is 3.40. The summed E-state index contributed by atoms with van der Waals surface area (Å²) in [5.41, 5.74) is 0. The molecule has 0 radical (unpaired) electrons. The average Bonchev–Trinajstić information content (AvgIpc) is 2.59. The number of rotatable bonds is 2. The fourth-order valence-corrected chi connectivity index (χ4v) is 3.40. The minimum Gasteiger partial charge on any atom is -0.315 e. The number of hydrogen-bond donors (Lipinski definition) is 1. The average molecular weight is 194 g/mol. The molecule has 1 N–H and O–H groups in total. The van der Waals surface area contributed by atoms with Crippen LogP contribution in [0.15, 0.2) is 0 Å². The lowest BCUT2D eigenvalue weighted by Crippen LogP contribution is -2.47. The van der Waals surface area contributed by atoms with Crippen LogP contribution in [0.25, 0.3) is 0 Å². The Morgan fingerprint density at radius 3 is 2.79 bits per heavy atom. The second-order valence-electron chi connectivity index (χ2n) is 5.42. The molecule has 0 unspecified atom stereocenters. The summed E-state index contributed by atoms with van der Waals surface area (Å²) in [6.07, 6.45) is 7.40. The molecule has 0 aromatic rings. The molecule has 2 heteroatoms. The molecule has 2 saturated heterocycles. The Hall–Kier alpha value is -0.0800. The Balaban J connectivity index is 1.59. The van der Waals surface area contributed by atoms with Gasteiger partial charge in [0.15, 0.2) is 0 Å². The highest BCUT2D eigenvalue weighted by atomic mass is 15.2. The van der Waals surface area contributed by atoms with E-state index in [1.54, 1.807) is 0 Å². The molecule has 2 aliphatic heterocycles. The van der Waals surface area contributed by atoms with E-state index in [4.69, 9.17) is 0 Å². The summed E-state index contributed by atoms with van der Waals surface area (Å²) in [6, 6.07) is 0.893. The largest absolute Gasteiger partial charge is 0.315 e. The van der Waals surface area contributed by atoms with E-state index >= 15 is 0 Å². The summed E-state index contributed by atoms with van der Waals surface area (Å²) in [5.74, 6) is 2.03. The van der Waals surface area contributed by atoms with Gasteiger partial charge in [-0.1, -0.05) is 6.42 Å². The van der Waals surface area contributed by atoms with Crippen LogP contribution in [0.2, 0.25) is 0 Å². The van der Waals surface area contributed by atoms with Crippen LogP contribution in [0.5, 0.6) is 0 Å². The SMILES string of the molecule is C1CC(CN2CCC[C@H]3CNC[C@H]32)C1. The molecule has 0 bridgehead atoms. The van der Waals surface area contributed by atoms with E-state index in [2.05, 4.69) is 10.2 Å². The first-order chi connectivity index (χ1) is 6.93. The maximum absolute atomic E-state index is 3.56. The van der Waals surface area contributed by atoms with E-state index < -0.39 is 0 Å². The third kappa shape index (κ3) is 1.59. The Morgan fingerprint density at radius 1 is 1.07 bits per heavy atom. The second-order valence-corrected chi connectivity index (χ2v) is 5.42. The molecule has 3 aliphatic rings. The molecule has 0 spiro atoms. The van der Waals surface area contributed by atoms with Gasteiger partial charge >= 0.3 is 0 Å². The molecular weight excluding hydrogens is 172 g/mol. The Bertz CT molecular complexity index is 200. The summed E-state index contributed by atoms with van der Waals surface area (Å²) in [7, 11) is 0. The minimum atomic E-state index is 0.893. The summed E-state index contributed by atoms with van der Waals surface area (Å²) in [6.45, 7) is 5.32. The molecule has 2 atom stereocenters. The van der Waals surface area contributed by atoms with Crippen molar-refractivity contribution in [1.29, 1.82) is 0 Å². The highest BCUT2D eigenvalue weighted by molar-refractivity contribution is 4.93. The third-order valence-corrected chi connectivity index (χ3v) is 4.51. The number of piperidine rings is 1. The second kappa shape index (κ2) is 3.82. The van der Waals surface area contributed by atoms with Gasteiger partial charge in [-0.15, -0.1) is 0 Å². The molecule has 1 saturated carbocycles. The topological polar surface area (TPSA) is 15.3 Å². The number of fused-ring (bicyclic) bond motifs is 1. The van der Waals surface area contributed by atoms with Crippen LogP contribution in [0.3, 0.4) is 0 Å². The first-order valence-electron chi connectivity index (χ1n) is 6.38. The maximum atomic E-state index is 3.56. The predicted molar refractivity (Wildman–Crippen MR) is 58.3 cm³/mol. The van der Waals surface area contributed by atoms with Gasteiger partial charge < -0.3 is 5.32 Å². The van der Waals surface area contributed by atoms with Gasteiger partial charge in [0.25, 0.3) is 0 Å². The van der Waals surface area contributed by atoms with Crippen molar-refractivity contribution in [2.75, 3.05) is 26.2 Å². The Kier molecular flexibility index (Phi) is 2.50. The van der Waals surface area contributed by atoms with Crippen LogP contribution >= 0.6 is 0 Å². The van der Waals surface area contributed by atoms with Crippen molar-refractivity contribution < 1.29 is 0 Å². The molecule has 3 fully saturated rings. The lowest BCUT2D eigenvalue weighted by Gasteiger charge is -2.41. The van der Waals surface area contributed by atoms with E-state index in [0.29, 0.717) is 0 Å². The van der Waals surface area contributed by atoms with Crippen molar-refractivity contribution >= 4 is 0 Å². The highest BCUT2D eigenvalue weighted by Gasteiger charge is 2.36. The normalized spacial score (nSPS) is 39.4. The first-order valence-corrected chi connectivity index (χ1v) is 6.38. The standard InChI is InChI=1S/C12H22N2/c1-3-10(4-1)9-14-6-2-5-11-7-13-8-12(11)14/h10-13H,1-9H2/t11-,12+/m0/s1.